The molecule has 1 aliphatic heterocycles. The van der Waals surface area contributed by atoms with Gasteiger partial charge in [-0.25, -0.2) is 9.37 Å². The third-order valence-corrected chi connectivity index (χ3v) is 3.50. The minimum Gasteiger partial charge on any atom is -0.394 e. The summed E-state index contributed by atoms with van der Waals surface area (Å²) >= 11 is 0. The van der Waals surface area contributed by atoms with Crippen molar-refractivity contribution in [1.82, 2.24) is 19.5 Å². The van der Waals surface area contributed by atoms with Crippen molar-refractivity contribution in [1.29, 1.82) is 0 Å². The number of halogens is 1. The van der Waals surface area contributed by atoms with Crippen LogP contribution in [0.4, 0.5) is 16.2 Å². The highest BCUT2D eigenvalue weighted by molar-refractivity contribution is 5.84. The van der Waals surface area contributed by atoms with Crippen LogP contribution in [-0.4, -0.2) is 50.1 Å². The number of aliphatic hydroxyl groups excluding tert-OH is 1. The van der Waals surface area contributed by atoms with E-state index in [2.05, 4.69) is 26.8 Å². The van der Waals surface area contributed by atoms with Crippen molar-refractivity contribution in [2.24, 2.45) is 0 Å². The Bertz CT molecular complexity index is 690. The maximum absolute atomic E-state index is 13.8. The summed E-state index contributed by atoms with van der Waals surface area (Å²) in [5, 5.41) is 12.1. The number of anilines is 2. The predicted molar refractivity (Wildman–Crippen MR) is 78.9 cm³/mol. The maximum atomic E-state index is 13.8. The monoisotopic (exact) mass is 308 g/mol. The smallest absolute Gasteiger partial charge is 0.224 e. The molecule has 0 aromatic carbocycles. The summed E-state index contributed by atoms with van der Waals surface area (Å²) in [7, 11) is 0. The van der Waals surface area contributed by atoms with Gasteiger partial charge in [0, 0.05) is 13.0 Å². The van der Waals surface area contributed by atoms with E-state index in [-0.39, 0.29) is 19.0 Å². The highest BCUT2D eigenvalue weighted by Crippen LogP contribution is 2.33. The first-order valence-electron chi connectivity index (χ1n) is 6.89. The van der Waals surface area contributed by atoms with E-state index in [9.17, 15) is 4.39 Å². The molecule has 22 heavy (non-hydrogen) atoms. The largest absolute Gasteiger partial charge is 0.394 e. The molecule has 0 aliphatic carbocycles. The first-order chi connectivity index (χ1) is 10.6. The van der Waals surface area contributed by atoms with E-state index in [0.717, 1.165) is 0 Å². The number of hydrogen-bond acceptors (Lipinski definition) is 7. The van der Waals surface area contributed by atoms with Crippen molar-refractivity contribution in [3.05, 3.63) is 19.0 Å². The van der Waals surface area contributed by atoms with Crippen molar-refractivity contribution in [2.75, 3.05) is 24.2 Å². The Kier molecular flexibility index (Phi) is 3.90. The molecule has 0 unspecified atom stereocenters. The number of aliphatic hydroxyl groups is 1. The zero-order valence-electron chi connectivity index (χ0n) is 11.8. The highest BCUT2D eigenvalue weighted by atomic mass is 19.1. The summed E-state index contributed by atoms with van der Waals surface area (Å²) in [4.78, 5) is 12.5. The van der Waals surface area contributed by atoms with Crippen LogP contribution in [0.5, 0.6) is 0 Å². The summed E-state index contributed by atoms with van der Waals surface area (Å²) in [6.45, 7) is 3.75. The predicted octanol–water partition coefficient (Wildman–Crippen LogP) is 0.624. The van der Waals surface area contributed by atoms with Gasteiger partial charge in [0.05, 0.1) is 12.9 Å². The van der Waals surface area contributed by atoms with Crippen LogP contribution in [0.3, 0.4) is 0 Å². The molecule has 0 spiro atoms. The summed E-state index contributed by atoms with van der Waals surface area (Å²) in [5.74, 6) is 0.559. The Morgan fingerprint density at radius 3 is 3.09 bits per heavy atom. The molecule has 2 aromatic heterocycles. The standard InChI is InChI=1S/C13H17FN6O2/c1-2-3-16-11-10-12(19-13(15)18-11)20(6-17-10)9-4-7(14)8(5-21)22-9/h2,6-9,21H,1,3-5H2,(H3,15,16,18,19)/t7-,8+,9+/m0/s1. The summed E-state index contributed by atoms with van der Waals surface area (Å²) < 4.78 is 20.9. The molecule has 2 aromatic rings. The molecule has 1 saturated heterocycles. The van der Waals surface area contributed by atoms with E-state index in [1.165, 1.54) is 6.33 Å². The molecule has 9 heteroatoms. The van der Waals surface area contributed by atoms with Crippen molar-refractivity contribution in [3.8, 4) is 0 Å². The molecule has 4 N–H and O–H groups in total. The average molecular weight is 308 g/mol. The van der Waals surface area contributed by atoms with E-state index >= 15 is 0 Å². The lowest BCUT2D eigenvalue weighted by Gasteiger charge is -2.13. The van der Waals surface area contributed by atoms with Crippen LogP contribution in [0.2, 0.25) is 0 Å². The van der Waals surface area contributed by atoms with Crippen LogP contribution in [0, 0.1) is 0 Å². The van der Waals surface area contributed by atoms with Gasteiger partial charge in [-0.1, -0.05) is 6.08 Å². The minimum atomic E-state index is -1.23. The lowest BCUT2D eigenvalue weighted by Crippen LogP contribution is -2.21. The van der Waals surface area contributed by atoms with Crippen LogP contribution < -0.4 is 11.1 Å². The molecule has 0 amide bonds. The van der Waals surface area contributed by atoms with Crippen LogP contribution in [0.25, 0.3) is 11.2 Å². The molecule has 0 bridgehead atoms. The molecular formula is C13H17FN6O2. The van der Waals surface area contributed by atoms with Gasteiger partial charge in [0.25, 0.3) is 0 Å². The molecule has 3 heterocycles. The number of imidazole rings is 1. The molecule has 8 nitrogen and oxygen atoms in total. The SMILES string of the molecule is C=CCNc1nc(N)nc2c1ncn2[C@H]1C[C@H](F)[C@@H](CO)O1. The van der Waals surface area contributed by atoms with Crippen molar-refractivity contribution in [2.45, 2.75) is 24.9 Å². The normalized spacial score (nSPS) is 24.7. The Labute approximate surface area is 125 Å². The maximum Gasteiger partial charge on any atom is 0.224 e. The summed E-state index contributed by atoms with van der Waals surface area (Å²) in [5.41, 5.74) is 6.69. The van der Waals surface area contributed by atoms with Gasteiger partial charge in [0.15, 0.2) is 17.0 Å². The van der Waals surface area contributed by atoms with Crippen molar-refractivity contribution < 1.29 is 14.2 Å². The van der Waals surface area contributed by atoms with Gasteiger partial charge in [0.1, 0.15) is 18.5 Å². The summed E-state index contributed by atoms with van der Waals surface area (Å²) in [6, 6.07) is 0. The Balaban J connectivity index is 1.98. The third-order valence-electron chi connectivity index (χ3n) is 3.50. The molecule has 118 valence electrons. The number of nitrogens with zero attached hydrogens (tertiary/aromatic N) is 4. The fraction of sp³-hybridized carbons (Fsp3) is 0.462. The van der Waals surface area contributed by atoms with Crippen molar-refractivity contribution in [3.63, 3.8) is 0 Å². The number of alkyl halides is 1. The van der Waals surface area contributed by atoms with Gasteiger partial charge in [-0.2, -0.15) is 9.97 Å². The quantitative estimate of drug-likeness (QED) is 0.694. The number of nitrogens with one attached hydrogen (secondary N) is 1. The number of nitrogen functional groups attached to an aromatic ring is 1. The third kappa shape index (κ3) is 2.48. The molecule has 1 aliphatic rings. The van der Waals surface area contributed by atoms with Gasteiger partial charge in [-0.15, -0.1) is 6.58 Å². The number of nitrogens with two attached hydrogens (primary N) is 1. The van der Waals surface area contributed by atoms with E-state index < -0.39 is 18.5 Å². The zero-order valence-corrected chi connectivity index (χ0v) is 11.8. The number of aromatic nitrogens is 4. The van der Waals surface area contributed by atoms with E-state index in [4.69, 9.17) is 15.6 Å². The van der Waals surface area contributed by atoms with Crippen molar-refractivity contribution >= 4 is 22.9 Å². The molecule has 1 fully saturated rings. The highest BCUT2D eigenvalue weighted by Gasteiger charge is 2.36. The van der Waals surface area contributed by atoms with Crippen LogP contribution >= 0.6 is 0 Å². The number of fused-ring (bicyclic) bond motifs is 1. The summed E-state index contributed by atoms with van der Waals surface area (Å²) in [6.07, 6.45) is 0.662. The van der Waals surface area contributed by atoms with Gasteiger partial charge in [0.2, 0.25) is 5.95 Å². The molecule has 0 radical (unpaired) electrons. The fourth-order valence-electron chi connectivity index (χ4n) is 2.46. The Morgan fingerprint density at radius 2 is 2.41 bits per heavy atom. The first-order valence-corrected chi connectivity index (χ1v) is 6.89. The lowest BCUT2D eigenvalue weighted by molar-refractivity contribution is -0.0323. The Hall–Kier alpha value is -2.26. The van der Waals surface area contributed by atoms with Crippen LogP contribution in [0.1, 0.15) is 12.6 Å². The molecule has 3 rings (SSSR count). The minimum absolute atomic E-state index is 0.0781. The van der Waals surface area contributed by atoms with Gasteiger partial charge < -0.3 is 20.9 Å². The fourth-order valence-corrected chi connectivity index (χ4v) is 2.46. The van der Waals surface area contributed by atoms with E-state index in [1.807, 2.05) is 0 Å². The van der Waals surface area contributed by atoms with E-state index in [0.29, 0.717) is 23.5 Å². The van der Waals surface area contributed by atoms with Gasteiger partial charge >= 0.3 is 0 Å². The number of hydrogen-bond donors (Lipinski definition) is 3. The number of rotatable bonds is 5. The molecule has 0 saturated carbocycles. The average Bonchev–Trinajstić information content (AvgIpc) is 3.07. The topological polar surface area (TPSA) is 111 Å². The Morgan fingerprint density at radius 1 is 1.59 bits per heavy atom. The van der Waals surface area contributed by atoms with E-state index in [1.54, 1.807) is 10.6 Å². The van der Waals surface area contributed by atoms with Crippen LogP contribution in [0.15, 0.2) is 19.0 Å². The molecular weight excluding hydrogens is 291 g/mol. The first kappa shape index (κ1) is 14.7. The second kappa shape index (κ2) is 5.85. The second-order valence-electron chi connectivity index (χ2n) is 4.99. The number of ether oxygens (including phenoxy) is 1. The van der Waals surface area contributed by atoms with Crippen LogP contribution in [-0.2, 0) is 4.74 Å². The van der Waals surface area contributed by atoms with Gasteiger partial charge in [-0.3, -0.25) is 4.57 Å². The lowest BCUT2D eigenvalue weighted by atomic mass is 10.2. The molecule has 3 atom stereocenters. The zero-order chi connectivity index (χ0) is 15.7. The van der Waals surface area contributed by atoms with Gasteiger partial charge in [-0.05, 0) is 0 Å². The second-order valence-corrected chi connectivity index (χ2v) is 4.99.